The highest BCUT2D eigenvalue weighted by Gasteiger charge is 2.31. The van der Waals surface area contributed by atoms with Crippen LogP contribution in [0.15, 0.2) is 0 Å². The number of sulfonamides is 1. The van der Waals surface area contributed by atoms with Crippen LogP contribution in [0.5, 0.6) is 0 Å². The number of piperidine rings is 1. The SMILES string of the molecule is CCS(=O)(=O)N1CCC(NC(=O)C(C)(C)CN)CC1.Cl. The van der Waals surface area contributed by atoms with E-state index in [0.717, 1.165) is 0 Å². The van der Waals surface area contributed by atoms with E-state index in [0.29, 0.717) is 32.5 Å². The van der Waals surface area contributed by atoms with E-state index in [9.17, 15) is 13.2 Å². The highest BCUT2D eigenvalue weighted by molar-refractivity contribution is 7.89. The van der Waals surface area contributed by atoms with Gasteiger partial charge in [-0.25, -0.2) is 12.7 Å². The maximum Gasteiger partial charge on any atom is 0.227 e. The second-order valence-electron chi connectivity index (χ2n) is 5.64. The van der Waals surface area contributed by atoms with E-state index in [1.54, 1.807) is 20.8 Å². The topological polar surface area (TPSA) is 92.5 Å². The van der Waals surface area contributed by atoms with Crippen molar-refractivity contribution in [2.24, 2.45) is 11.1 Å². The summed E-state index contributed by atoms with van der Waals surface area (Å²) >= 11 is 0. The molecule has 0 bridgehead atoms. The minimum atomic E-state index is -3.11. The molecule has 1 aliphatic rings. The van der Waals surface area contributed by atoms with Crippen molar-refractivity contribution < 1.29 is 13.2 Å². The minimum absolute atomic E-state index is 0. The normalized spacial score (nSPS) is 18.4. The highest BCUT2D eigenvalue weighted by Crippen LogP contribution is 2.17. The van der Waals surface area contributed by atoms with E-state index in [1.807, 2.05) is 0 Å². The second-order valence-corrected chi connectivity index (χ2v) is 7.89. The molecule has 20 heavy (non-hydrogen) atoms. The first-order valence-corrected chi connectivity index (χ1v) is 8.32. The number of carbonyl (C=O) groups is 1. The number of hydrogen-bond donors (Lipinski definition) is 2. The highest BCUT2D eigenvalue weighted by atomic mass is 35.5. The molecule has 3 N–H and O–H groups in total. The van der Waals surface area contributed by atoms with Crippen LogP contribution < -0.4 is 11.1 Å². The predicted molar refractivity (Wildman–Crippen MR) is 82.3 cm³/mol. The first-order chi connectivity index (χ1) is 8.73. The summed E-state index contributed by atoms with van der Waals surface area (Å²) in [5, 5.41) is 2.96. The monoisotopic (exact) mass is 327 g/mol. The van der Waals surface area contributed by atoms with Gasteiger partial charge in [-0.3, -0.25) is 4.79 Å². The van der Waals surface area contributed by atoms with Crippen molar-refractivity contribution in [3.63, 3.8) is 0 Å². The lowest BCUT2D eigenvalue weighted by Crippen LogP contribution is -2.51. The first-order valence-electron chi connectivity index (χ1n) is 6.72. The molecule has 0 aromatic rings. The van der Waals surface area contributed by atoms with Gasteiger partial charge in [0, 0.05) is 25.7 Å². The standard InChI is InChI=1S/C12H25N3O3S.ClH/c1-4-19(17,18)15-7-5-10(6-8-15)14-11(16)12(2,3)9-13;/h10H,4-9,13H2,1-3H3,(H,14,16);1H. The fourth-order valence-corrected chi connectivity index (χ4v) is 3.07. The van der Waals surface area contributed by atoms with Crippen LogP contribution in [-0.4, -0.2) is 50.1 Å². The smallest absolute Gasteiger partial charge is 0.227 e. The Morgan fingerprint density at radius 1 is 1.35 bits per heavy atom. The summed E-state index contributed by atoms with van der Waals surface area (Å²) in [7, 11) is -3.11. The van der Waals surface area contributed by atoms with Gasteiger partial charge in [-0.1, -0.05) is 0 Å². The Bertz CT molecular complexity index is 418. The minimum Gasteiger partial charge on any atom is -0.353 e. The average molecular weight is 328 g/mol. The van der Waals surface area contributed by atoms with Crippen LogP contribution in [0.1, 0.15) is 33.6 Å². The van der Waals surface area contributed by atoms with Crippen LogP contribution in [0.4, 0.5) is 0 Å². The van der Waals surface area contributed by atoms with Crippen molar-refractivity contribution in [3.8, 4) is 0 Å². The van der Waals surface area contributed by atoms with Gasteiger partial charge in [0.2, 0.25) is 15.9 Å². The van der Waals surface area contributed by atoms with Crippen molar-refractivity contribution in [1.82, 2.24) is 9.62 Å². The van der Waals surface area contributed by atoms with Crippen molar-refractivity contribution >= 4 is 28.3 Å². The van der Waals surface area contributed by atoms with Crippen molar-refractivity contribution in [3.05, 3.63) is 0 Å². The Hall–Kier alpha value is -0.370. The van der Waals surface area contributed by atoms with Gasteiger partial charge < -0.3 is 11.1 Å². The summed E-state index contributed by atoms with van der Waals surface area (Å²) in [5.41, 5.74) is 4.98. The van der Waals surface area contributed by atoms with Crippen molar-refractivity contribution in [2.75, 3.05) is 25.4 Å². The molecule has 0 radical (unpaired) electrons. The van der Waals surface area contributed by atoms with Gasteiger partial charge >= 0.3 is 0 Å². The molecule has 8 heteroatoms. The quantitative estimate of drug-likeness (QED) is 0.760. The maximum atomic E-state index is 12.0. The van der Waals surface area contributed by atoms with Gasteiger partial charge in [-0.15, -0.1) is 12.4 Å². The summed E-state index contributed by atoms with van der Waals surface area (Å²) in [6, 6.07) is 0.0432. The van der Waals surface area contributed by atoms with Gasteiger partial charge in [-0.2, -0.15) is 0 Å². The maximum absolute atomic E-state index is 12.0. The molecule has 120 valence electrons. The molecule has 0 aromatic heterocycles. The molecule has 1 rings (SSSR count). The molecule has 0 atom stereocenters. The molecular weight excluding hydrogens is 302 g/mol. The van der Waals surface area contributed by atoms with Crippen molar-refractivity contribution in [2.45, 2.75) is 39.7 Å². The fraction of sp³-hybridized carbons (Fsp3) is 0.917. The Kier molecular flexibility index (Phi) is 7.44. The van der Waals surface area contributed by atoms with E-state index >= 15 is 0 Å². The molecule has 1 fully saturated rings. The van der Waals surface area contributed by atoms with Crippen LogP contribution in [0.25, 0.3) is 0 Å². The lowest BCUT2D eigenvalue weighted by atomic mass is 9.91. The summed E-state index contributed by atoms with van der Waals surface area (Å²) in [6.07, 6.45) is 1.32. The number of rotatable bonds is 5. The molecule has 0 saturated carbocycles. The van der Waals surface area contributed by atoms with Crippen LogP contribution in [0.2, 0.25) is 0 Å². The third-order valence-corrected chi connectivity index (χ3v) is 5.55. The zero-order valence-corrected chi connectivity index (χ0v) is 14.0. The van der Waals surface area contributed by atoms with Crippen molar-refractivity contribution in [1.29, 1.82) is 0 Å². The predicted octanol–water partition coefficient (Wildman–Crippen LogP) is 0.323. The summed E-state index contributed by atoms with van der Waals surface area (Å²) < 4.78 is 24.9. The van der Waals surface area contributed by atoms with Gasteiger partial charge in [0.15, 0.2) is 0 Å². The van der Waals surface area contributed by atoms with Gasteiger partial charge in [0.1, 0.15) is 0 Å². The molecule has 0 aromatic carbocycles. The zero-order chi connectivity index (χ0) is 14.7. The number of halogens is 1. The third-order valence-electron chi connectivity index (χ3n) is 3.67. The Morgan fingerprint density at radius 3 is 2.25 bits per heavy atom. The largest absolute Gasteiger partial charge is 0.353 e. The number of nitrogens with zero attached hydrogens (tertiary/aromatic N) is 1. The molecule has 1 saturated heterocycles. The van der Waals surface area contributed by atoms with Crippen LogP contribution in [0, 0.1) is 5.41 Å². The number of hydrogen-bond acceptors (Lipinski definition) is 4. The van der Waals surface area contributed by atoms with Crippen LogP contribution in [-0.2, 0) is 14.8 Å². The van der Waals surface area contributed by atoms with Gasteiger partial charge in [0.25, 0.3) is 0 Å². The van der Waals surface area contributed by atoms with E-state index in [4.69, 9.17) is 5.73 Å². The zero-order valence-electron chi connectivity index (χ0n) is 12.4. The Labute approximate surface area is 127 Å². The number of carbonyl (C=O) groups excluding carboxylic acids is 1. The number of amides is 1. The fourth-order valence-electron chi connectivity index (χ4n) is 1.93. The Morgan fingerprint density at radius 2 is 1.85 bits per heavy atom. The molecule has 0 spiro atoms. The van der Waals surface area contributed by atoms with E-state index in [1.165, 1.54) is 4.31 Å². The van der Waals surface area contributed by atoms with Gasteiger partial charge in [0.05, 0.1) is 11.2 Å². The first kappa shape index (κ1) is 19.6. The Balaban J connectivity index is 0.00000361. The molecule has 1 amide bonds. The van der Waals surface area contributed by atoms with E-state index in [2.05, 4.69) is 5.32 Å². The molecule has 0 aliphatic carbocycles. The lowest BCUT2D eigenvalue weighted by molar-refractivity contribution is -0.129. The summed E-state index contributed by atoms with van der Waals surface area (Å²) in [6.45, 7) is 6.50. The number of nitrogens with two attached hydrogens (primary N) is 1. The summed E-state index contributed by atoms with van der Waals surface area (Å²) in [5.74, 6) is 0.0660. The molecule has 0 unspecified atom stereocenters. The van der Waals surface area contributed by atoms with E-state index in [-0.39, 0.29) is 30.1 Å². The lowest BCUT2D eigenvalue weighted by Gasteiger charge is -2.33. The third kappa shape index (κ3) is 4.87. The molecule has 1 heterocycles. The average Bonchev–Trinajstić information content (AvgIpc) is 2.39. The summed E-state index contributed by atoms with van der Waals surface area (Å²) in [4.78, 5) is 12.0. The molecule has 1 aliphatic heterocycles. The van der Waals surface area contributed by atoms with Crippen LogP contribution in [0.3, 0.4) is 0 Å². The van der Waals surface area contributed by atoms with Gasteiger partial charge in [-0.05, 0) is 33.6 Å². The molecule has 6 nitrogen and oxygen atoms in total. The second kappa shape index (κ2) is 7.59. The van der Waals surface area contributed by atoms with Crippen LogP contribution >= 0.6 is 12.4 Å². The number of nitrogens with one attached hydrogen (secondary N) is 1. The van der Waals surface area contributed by atoms with E-state index < -0.39 is 15.4 Å². The molecular formula is C12H26ClN3O3S.